The molecule has 5 nitrogen and oxygen atoms in total. The number of amides is 1. The zero-order chi connectivity index (χ0) is 16.0. The third-order valence-electron chi connectivity index (χ3n) is 3.45. The molecule has 1 amide bonds. The molecule has 0 unspecified atom stereocenters. The summed E-state index contributed by atoms with van der Waals surface area (Å²) in [6, 6.07) is 4.94. The average molecular weight is 314 g/mol. The Kier molecular flexibility index (Phi) is 6.03. The van der Waals surface area contributed by atoms with E-state index in [-0.39, 0.29) is 18.7 Å². The summed E-state index contributed by atoms with van der Waals surface area (Å²) in [6.45, 7) is 3.67. The molecule has 0 aliphatic heterocycles. The number of carbonyl (C=O) groups is 2. The summed E-state index contributed by atoms with van der Waals surface area (Å²) in [4.78, 5) is 22.9. The zero-order valence-corrected chi connectivity index (χ0v) is 13.2. The first kappa shape index (κ1) is 17.3. The van der Waals surface area contributed by atoms with Crippen LogP contribution in [0.25, 0.3) is 0 Å². The summed E-state index contributed by atoms with van der Waals surface area (Å²) in [6.07, 6.45) is 0.704. The van der Waals surface area contributed by atoms with E-state index in [9.17, 15) is 9.59 Å². The van der Waals surface area contributed by atoms with Crippen molar-refractivity contribution in [2.24, 2.45) is 5.41 Å². The van der Waals surface area contributed by atoms with Gasteiger partial charge in [0.25, 0.3) is 0 Å². The summed E-state index contributed by atoms with van der Waals surface area (Å²) in [5.41, 5.74) is -0.00815. The number of aliphatic carboxylic acids is 1. The maximum atomic E-state index is 12.1. The van der Waals surface area contributed by atoms with E-state index in [0.29, 0.717) is 22.9 Å². The number of rotatable bonds is 7. The van der Waals surface area contributed by atoms with E-state index in [2.05, 4.69) is 5.32 Å². The molecule has 0 aliphatic carbocycles. The van der Waals surface area contributed by atoms with Gasteiger partial charge in [0.2, 0.25) is 5.91 Å². The Morgan fingerprint density at radius 3 is 2.52 bits per heavy atom. The van der Waals surface area contributed by atoms with Crippen LogP contribution in [0.4, 0.5) is 5.69 Å². The smallest absolute Gasteiger partial charge is 0.303 e. The van der Waals surface area contributed by atoms with Crippen LogP contribution >= 0.6 is 11.6 Å². The van der Waals surface area contributed by atoms with Gasteiger partial charge >= 0.3 is 5.97 Å². The van der Waals surface area contributed by atoms with Gasteiger partial charge in [-0.2, -0.15) is 0 Å². The molecule has 1 atom stereocenters. The fraction of sp³-hybridized carbons (Fsp3) is 0.467. The van der Waals surface area contributed by atoms with Crippen LogP contribution < -0.4 is 10.1 Å². The van der Waals surface area contributed by atoms with Crippen LogP contribution in [-0.2, 0) is 9.59 Å². The lowest BCUT2D eigenvalue weighted by atomic mass is 9.80. The summed E-state index contributed by atoms with van der Waals surface area (Å²) in [5.74, 6) is -0.611. The molecule has 0 saturated carbocycles. The second-order valence-electron chi connectivity index (χ2n) is 5.31. The Bertz CT molecular complexity index is 532. The zero-order valence-electron chi connectivity index (χ0n) is 12.4. The van der Waals surface area contributed by atoms with Gasteiger partial charge in [-0.1, -0.05) is 25.4 Å². The number of anilines is 1. The van der Waals surface area contributed by atoms with Crippen LogP contribution in [-0.4, -0.2) is 24.1 Å². The lowest BCUT2D eigenvalue weighted by Gasteiger charge is -2.25. The minimum absolute atomic E-state index is 0.0414. The monoisotopic (exact) mass is 313 g/mol. The molecule has 1 rings (SSSR count). The third kappa shape index (κ3) is 5.27. The van der Waals surface area contributed by atoms with Gasteiger partial charge in [-0.05, 0) is 30.0 Å². The van der Waals surface area contributed by atoms with Crippen LogP contribution in [0.2, 0.25) is 5.02 Å². The van der Waals surface area contributed by atoms with Crippen molar-refractivity contribution in [2.75, 3.05) is 12.4 Å². The molecule has 116 valence electrons. The molecule has 21 heavy (non-hydrogen) atoms. The van der Waals surface area contributed by atoms with Crippen LogP contribution in [0, 0.1) is 5.41 Å². The van der Waals surface area contributed by atoms with Crippen molar-refractivity contribution >= 4 is 29.2 Å². The number of carboxylic acids is 1. The van der Waals surface area contributed by atoms with Crippen molar-refractivity contribution in [3.05, 3.63) is 23.2 Å². The molecular formula is C15H20ClNO4. The van der Waals surface area contributed by atoms with Crippen molar-refractivity contribution in [2.45, 2.75) is 33.1 Å². The second-order valence-corrected chi connectivity index (χ2v) is 5.72. The van der Waals surface area contributed by atoms with Crippen LogP contribution in [0.3, 0.4) is 0 Å². The van der Waals surface area contributed by atoms with E-state index in [0.717, 1.165) is 0 Å². The molecule has 0 aliphatic rings. The normalized spacial score (nSPS) is 13.3. The first-order valence-electron chi connectivity index (χ1n) is 6.65. The molecular weight excluding hydrogens is 294 g/mol. The molecule has 0 bridgehead atoms. The van der Waals surface area contributed by atoms with Gasteiger partial charge in [0.15, 0.2) is 0 Å². The average Bonchev–Trinajstić information content (AvgIpc) is 2.37. The maximum Gasteiger partial charge on any atom is 0.303 e. The van der Waals surface area contributed by atoms with Crippen molar-refractivity contribution in [1.82, 2.24) is 0 Å². The van der Waals surface area contributed by atoms with E-state index >= 15 is 0 Å². The Morgan fingerprint density at radius 1 is 1.38 bits per heavy atom. The fourth-order valence-corrected chi connectivity index (χ4v) is 2.27. The van der Waals surface area contributed by atoms with Crippen LogP contribution in [0.5, 0.6) is 5.75 Å². The topological polar surface area (TPSA) is 75.6 Å². The summed E-state index contributed by atoms with van der Waals surface area (Å²) >= 11 is 5.99. The number of halogens is 1. The van der Waals surface area contributed by atoms with Gasteiger partial charge in [0.05, 0.1) is 18.6 Å². The minimum atomic E-state index is -0.903. The van der Waals surface area contributed by atoms with E-state index in [4.69, 9.17) is 21.4 Å². The molecule has 0 spiro atoms. The quantitative estimate of drug-likeness (QED) is 0.807. The molecule has 0 fully saturated rings. The molecule has 0 radical (unpaired) electrons. The van der Waals surface area contributed by atoms with Crippen molar-refractivity contribution < 1.29 is 19.4 Å². The summed E-state index contributed by atoms with van der Waals surface area (Å²) in [5, 5.41) is 12.0. The minimum Gasteiger partial charge on any atom is -0.495 e. The molecule has 2 N–H and O–H groups in total. The SMILES string of the molecule is CC[C@](C)(CC(=O)O)CC(=O)Nc1ccc(OC)c(Cl)c1. The fourth-order valence-electron chi connectivity index (χ4n) is 2.01. The number of carboxylic acid groups (broad SMARTS) is 1. The number of hydrogen-bond donors (Lipinski definition) is 2. The predicted octanol–water partition coefficient (Wildman–Crippen LogP) is 3.57. The van der Waals surface area contributed by atoms with Gasteiger partial charge < -0.3 is 15.2 Å². The van der Waals surface area contributed by atoms with E-state index in [1.54, 1.807) is 25.1 Å². The lowest BCUT2D eigenvalue weighted by molar-refractivity contribution is -0.140. The van der Waals surface area contributed by atoms with Gasteiger partial charge in [-0.3, -0.25) is 9.59 Å². The van der Waals surface area contributed by atoms with E-state index in [1.807, 2.05) is 6.92 Å². The largest absolute Gasteiger partial charge is 0.495 e. The van der Waals surface area contributed by atoms with E-state index in [1.165, 1.54) is 7.11 Å². The molecule has 0 aromatic heterocycles. The van der Waals surface area contributed by atoms with Gasteiger partial charge in [0.1, 0.15) is 5.75 Å². The maximum absolute atomic E-state index is 12.1. The Labute approximate surface area is 129 Å². The first-order valence-corrected chi connectivity index (χ1v) is 7.02. The number of hydrogen-bond acceptors (Lipinski definition) is 3. The van der Waals surface area contributed by atoms with Gasteiger partial charge in [0, 0.05) is 12.1 Å². The van der Waals surface area contributed by atoms with Crippen molar-refractivity contribution in [1.29, 1.82) is 0 Å². The van der Waals surface area contributed by atoms with Gasteiger partial charge in [-0.15, -0.1) is 0 Å². The number of nitrogens with one attached hydrogen (secondary N) is 1. The number of ether oxygens (including phenoxy) is 1. The number of carbonyl (C=O) groups excluding carboxylic acids is 1. The highest BCUT2D eigenvalue weighted by molar-refractivity contribution is 6.32. The summed E-state index contributed by atoms with van der Waals surface area (Å²) < 4.78 is 5.04. The predicted molar refractivity (Wildman–Crippen MR) is 81.9 cm³/mol. The standard InChI is InChI=1S/C15H20ClNO4/c1-4-15(2,9-14(19)20)8-13(18)17-10-5-6-12(21-3)11(16)7-10/h5-7H,4,8-9H2,1-3H3,(H,17,18)(H,19,20)/t15-/m0/s1. The second kappa shape index (κ2) is 7.31. The van der Waals surface area contributed by atoms with Crippen molar-refractivity contribution in [3.63, 3.8) is 0 Å². The Morgan fingerprint density at radius 2 is 2.05 bits per heavy atom. The summed E-state index contributed by atoms with van der Waals surface area (Å²) in [7, 11) is 1.51. The van der Waals surface area contributed by atoms with Crippen LogP contribution in [0.15, 0.2) is 18.2 Å². The highest BCUT2D eigenvalue weighted by Crippen LogP contribution is 2.31. The first-order chi connectivity index (χ1) is 9.79. The van der Waals surface area contributed by atoms with E-state index < -0.39 is 11.4 Å². The van der Waals surface area contributed by atoms with Gasteiger partial charge in [-0.25, -0.2) is 0 Å². The highest BCUT2D eigenvalue weighted by Gasteiger charge is 2.28. The number of methoxy groups -OCH3 is 1. The molecule has 1 aromatic carbocycles. The molecule has 1 aromatic rings. The molecule has 6 heteroatoms. The van der Waals surface area contributed by atoms with Crippen LogP contribution in [0.1, 0.15) is 33.1 Å². The Hall–Kier alpha value is -1.75. The number of benzene rings is 1. The Balaban J connectivity index is 2.72. The lowest BCUT2D eigenvalue weighted by Crippen LogP contribution is -2.27. The highest BCUT2D eigenvalue weighted by atomic mass is 35.5. The third-order valence-corrected chi connectivity index (χ3v) is 3.75. The molecule has 0 heterocycles. The molecule has 0 saturated heterocycles. The van der Waals surface area contributed by atoms with Crippen molar-refractivity contribution in [3.8, 4) is 5.75 Å².